The molecule has 1 aromatic carbocycles. The number of fused-ring (bicyclic) bond motifs is 3. The summed E-state index contributed by atoms with van der Waals surface area (Å²) in [6.07, 6.45) is 4.82. The first kappa shape index (κ1) is 17.1. The number of rotatable bonds is 4. The third kappa shape index (κ3) is 3.37. The first-order valence-corrected chi connectivity index (χ1v) is 8.34. The van der Waals surface area contributed by atoms with E-state index in [9.17, 15) is 4.79 Å². The zero-order chi connectivity index (χ0) is 15.8. The Bertz CT molecular complexity index is 763. The summed E-state index contributed by atoms with van der Waals surface area (Å²) >= 11 is 0. The molecule has 2 aliphatic rings. The SMILES string of the molecule is CCOc1cc2ccc(OC3CC4CCC(C3)N4)cc2oc1=O.Cl. The van der Waals surface area contributed by atoms with Gasteiger partial charge < -0.3 is 19.2 Å². The standard InChI is InChI=1S/C18H21NO4.ClH/c1-2-21-17-7-11-3-6-14(10-16(11)23-18(17)20)22-15-8-12-4-5-13(9-15)19-12;/h3,6-7,10,12-13,15,19H,2,4-5,8-9H2,1H3;1H. The molecule has 2 bridgehead atoms. The highest BCUT2D eigenvalue weighted by atomic mass is 35.5. The lowest BCUT2D eigenvalue weighted by atomic mass is 10.0. The van der Waals surface area contributed by atoms with Crippen LogP contribution in [0.1, 0.15) is 32.6 Å². The molecule has 2 saturated heterocycles. The maximum Gasteiger partial charge on any atom is 0.379 e. The summed E-state index contributed by atoms with van der Waals surface area (Å²) in [7, 11) is 0. The van der Waals surface area contributed by atoms with Crippen molar-refractivity contribution in [2.45, 2.75) is 50.8 Å². The lowest BCUT2D eigenvalue weighted by Crippen LogP contribution is -2.42. The minimum absolute atomic E-state index is 0. The molecule has 4 rings (SSSR count). The van der Waals surface area contributed by atoms with E-state index < -0.39 is 5.63 Å². The van der Waals surface area contributed by atoms with Gasteiger partial charge in [-0.1, -0.05) is 0 Å². The van der Waals surface area contributed by atoms with E-state index in [4.69, 9.17) is 13.9 Å². The van der Waals surface area contributed by atoms with Crippen LogP contribution >= 0.6 is 12.4 Å². The van der Waals surface area contributed by atoms with Crippen molar-refractivity contribution in [1.29, 1.82) is 0 Å². The van der Waals surface area contributed by atoms with Crippen molar-refractivity contribution in [3.05, 3.63) is 34.7 Å². The molecule has 2 aliphatic heterocycles. The van der Waals surface area contributed by atoms with Gasteiger partial charge in [-0.3, -0.25) is 0 Å². The van der Waals surface area contributed by atoms with E-state index in [2.05, 4.69) is 5.32 Å². The van der Waals surface area contributed by atoms with E-state index in [-0.39, 0.29) is 24.3 Å². The molecular weight excluding hydrogens is 330 g/mol. The summed E-state index contributed by atoms with van der Waals surface area (Å²) in [5.74, 6) is 1.01. The minimum Gasteiger partial charge on any atom is -0.490 e. The molecule has 130 valence electrons. The summed E-state index contributed by atoms with van der Waals surface area (Å²) in [6, 6.07) is 8.54. The molecule has 1 aromatic heterocycles. The number of benzene rings is 1. The van der Waals surface area contributed by atoms with Gasteiger partial charge >= 0.3 is 5.63 Å². The summed E-state index contributed by atoms with van der Waals surface area (Å²) in [5.41, 5.74) is 0.0873. The molecule has 0 aliphatic carbocycles. The quantitative estimate of drug-likeness (QED) is 0.856. The number of hydrogen-bond acceptors (Lipinski definition) is 5. The van der Waals surface area contributed by atoms with Crippen molar-refractivity contribution in [2.75, 3.05) is 6.61 Å². The van der Waals surface area contributed by atoms with Crippen LogP contribution in [-0.2, 0) is 0 Å². The van der Waals surface area contributed by atoms with Gasteiger partial charge in [-0.25, -0.2) is 4.79 Å². The van der Waals surface area contributed by atoms with Gasteiger partial charge in [0.1, 0.15) is 17.4 Å². The van der Waals surface area contributed by atoms with Gasteiger partial charge in [-0.2, -0.15) is 0 Å². The van der Waals surface area contributed by atoms with Gasteiger partial charge in [0, 0.05) is 23.5 Å². The lowest BCUT2D eigenvalue weighted by molar-refractivity contribution is 0.137. The Morgan fingerprint density at radius 2 is 1.96 bits per heavy atom. The fourth-order valence-electron chi connectivity index (χ4n) is 3.70. The predicted octanol–water partition coefficient (Wildman–Crippen LogP) is 3.28. The first-order chi connectivity index (χ1) is 11.2. The number of ether oxygens (including phenoxy) is 2. The molecule has 0 saturated carbocycles. The Balaban J connectivity index is 0.00000169. The number of piperidine rings is 1. The number of halogens is 1. The molecule has 3 heterocycles. The van der Waals surface area contributed by atoms with Crippen LogP contribution in [0.25, 0.3) is 11.0 Å². The third-order valence-electron chi connectivity index (χ3n) is 4.71. The summed E-state index contributed by atoms with van der Waals surface area (Å²) in [4.78, 5) is 11.9. The highest BCUT2D eigenvalue weighted by molar-refractivity contribution is 5.85. The van der Waals surface area contributed by atoms with E-state index in [1.165, 1.54) is 12.8 Å². The van der Waals surface area contributed by atoms with Crippen molar-refractivity contribution in [3.8, 4) is 11.5 Å². The Labute approximate surface area is 146 Å². The second-order valence-electron chi connectivity index (χ2n) is 6.38. The largest absolute Gasteiger partial charge is 0.490 e. The van der Waals surface area contributed by atoms with Crippen LogP contribution in [-0.4, -0.2) is 24.8 Å². The maximum absolute atomic E-state index is 11.9. The van der Waals surface area contributed by atoms with Gasteiger partial charge in [0.05, 0.1) is 6.61 Å². The Kier molecular flexibility index (Phi) is 5.01. The van der Waals surface area contributed by atoms with Crippen LogP contribution in [0.5, 0.6) is 11.5 Å². The van der Waals surface area contributed by atoms with E-state index in [0.717, 1.165) is 24.0 Å². The molecule has 24 heavy (non-hydrogen) atoms. The predicted molar refractivity (Wildman–Crippen MR) is 94.5 cm³/mol. The highest BCUT2D eigenvalue weighted by Gasteiger charge is 2.34. The normalized spacial score (nSPS) is 25.3. The second-order valence-corrected chi connectivity index (χ2v) is 6.38. The monoisotopic (exact) mass is 351 g/mol. The zero-order valence-corrected chi connectivity index (χ0v) is 14.4. The Hall–Kier alpha value is -1.72. The van der Waals surface area contributed by atoms with Gasteiger partial charge in [0.2, 0.25) is 5.75 Å². The van der Waals surface area contributed by atoms with Crippen LogP contribution in [0, 0.1) is 0 Å². The van der Waals surface area contributed by atoms with Crippen LogP contribution in [0.4, 0.5) is 0 Å². The molecule has 6 heteroatoms. The molecule has 2 aromatic rings. The molecule has 0 spiro atoms. The average Bonchev–Trinajstić information content (AvgIpc) is 2.87. The molecule has 0 amide bonds. The molecule has 5 nitrogen and oxygen atoms in total. The molecule has 2 unspecified atom stereocenters. The Morgan fingerprint density at radius 3 is 2.67 bits per heavy atom. The van der Waals surface area contributed by atoms with E-state index in [1.807, 2.05) is 19.1 Å². The Morgan fingerprint density at radius 1 is 1.21 bits per heavy atom. The van der Waals surface area contributed by atoms with E-state index >= 15 is 0 Å². The number of nitrogens with one attached hydrogen (secondary N) is 1. The van der Waals surface area contributed by atoms with E-state index in [1.54, 1.807) is 12.1 Å². The fraction of sp³-hybridized carbons (Fsp3) is 0.500. The van der Waals surface area contributed by atoms with Crippen molar-refractivity contribution in [3.63, 3.8) is 0 Å². The third-order valence-corrected chi connectivity index (χ3v) is 4.71. The second kappa shape index (κ2) is 7.03. The van der Waals surface area contributed by atoms with Gasteiger partial charge in [0.15, 0.2) is 0 Å². The van der Waals surface area contributed by atoms with Gasteiger partial charge in [0.25, 0.3) is 0 Å². The van der Waals surface area contributed by atoms with Gasteiger partial charge in [-0.15, -0.1) is 12.4 Å². The van der Waals surface area contributed by atoms with Crippen LogP contribution in [0.2, 0.25) is 0 Å². The van der Waals surface area contributed by atoms with Crippen LogP contribution < -0.4 is 20.4 Å². The smallest absolute Gasteiger partial charge is 0.379 e. The summed E-state index contributed by atoms with van der Waals surface area (Å²) in [5, 5.41) is 4.45. The van der Waals surface area contributed by atoms with Crippen molar-refractivity contribution < 1.29 is 13.9 Å². The van der Waals surface area contributed by atoms with Crippen LogP contribution in [0.3, 0.4) is 0 Å². The zero-order valence-electron chi connectivity index (χ0n) is 13.6. The average molecular weight is 352 g/mol. The fourth-order valence-corrected chi connectivity index (χ4v) is 3.70. The van der Waals surface area contributed by atoms with Crippen molar-refractivity contribution in [1.82, 2.24) is 5.32 Å². The highest BCUT2D eigenvalue weighted by Crippen LogP contribution is 2.30. The first-order valence-electron chi connectivity index (χ1n) is 8.34. The maximum atomic E-state index is 11.9. The van der Waals surface area contributed by atoms with Crippen molar-refractivity contribution in [2.24, 2.45) is 0 Å². The van der Waals surface area contributed by atoms with Crippen molar-refractivity contribution >= 4 is 23.4 Å². The topological polar surface area (TPSA) is 60.7 Å². The molecule has 2 fully saturated rings. The van der Waals surface area contributed by atoms with Crippen LogP contribution in [0.15, 0.2) is 33.5 Å². The molecule has 2 atom stereocenters. The molecular formula is C18H22ClNO4. The molecule has 0 radical (unpaired) electrons. The summed E-state index contributed by atoms with van der Waals surface area (Å²) in [6.45, 7) is 2.28. The summed E-state index contributed by atoms with van der Waals surface area (Å²) < 4.78 is 16.8. The van der Waals surface area contributed by atoms with E-state index in [0.29, 0.717) is 24.3 Å². The molecule has 1 N–H and O–H groups in total. The minimum atomic E-state index is -0.448. The van der Waals surface area contributed by atoms with Gasteiger partial charge in [-0.05, 0) is 50.8 Å². The number of hydrogen-bond donors (Lipinski definition) is 1. The lowest BCUT2D eigenvalue weighted by Gasteiger charge is -2.29.